The molecule has 4 nitrogen and oxygen atoms in total. The van der Waals surface area contributed by atoms with Crippen LogP contribution in [0.15, 0.2) is 48.5 Å². The molecule has 4 heteroatoms. The molecule has 114 valence electrons. The number of carbonyl (C=O) groups is 1. The number of para-hydroxylation sites is 3. The first-order valence-corrected chi connectivity index (χ1v) is 7.46. The second-order valence-corrected chi connectivity index (χ2v) is 5.23. The van der Waals surface area contributed by atoms with Crippen LogP contribution in [0.4, 0.5) is 5.69 Å². The molecule has 1 unspecified atom stereocenters. The maximum absolute atomic E-state index is 12.8. The molecule has 0 aliphatic carbocycles. The number of carbonyl (C=O) groups excluding carboxylic acids is 1. The van der Waals surface area contributed by atoms with E-state index in [-0.39, 0.29) is 12.5 Å². The average Bonchev–Trinajstić information content (AvgIpc) is 2.56. The molecule has 0 fully saturated rings. The third-order valence-corrected chi connectivity index (χ3v) is 3.77. The first-order valence-electron chi connectivity index (χ1n) is 7.46. The summed E-state index contributed by atoms with van der Waals surface area (Å²) in [7, 11) is 0. The molecular formula is C18H19NO3. The van der Waals surface area contributed by atoms with Gasteiger partial charge in [0.15, 0.2) is 11.5 Å². The number of benzene rings is 2. The predicted molar refractivity (Wildman–Crippen MR) is 85.6 cm³/mol. The molecule has 1 heterocycles. The molecule has 0 radical (unpaired) electrons. The summed E-state index contributed by atoms with van der Waals surface area (Å²) in [6, 6.07) is 15.3. The van der Waals surface area contributed by atoms with Gasteiger partial charge in [-0.25, -0.2) is 0 Å². The standard InChI is InChI=1S/C18H19NO3/c1-3-19(14-9-5-4-8-13(14)2)18(20)17-12-21-15-10-6-7-11-16(15)22-17/h4-11,17H,3,12H2,1-2H3. The highest BCUT2D eigenvalue weighted by molar-refractivity contribution is 5.97. The van der Waals surface area contributed by atoms with Gasteiger partial charge in [-0.1, -0.05) is 30.3 Å². The number of hydrogen-bond donors (Lipinski definition) is 0. The number of aryl methyl sites for hydroxylation is 1. The summed E-state index contributed by atoms with van der Waals surface area (Å²) in [4.78, 5) is 14.6. The highest BCUT2D eigenvalue weighted by atomic mass is 16.6. The zero-order valence-corrected chi connectivity index (χ0v) is 12.8. The highest BCUT2D eigenvalue weighted by Gasteiger charge is 2.31. The molecule has 1 atom stereocenters. The summed E-state index contributed by atoms with van der Waals surface area (Å²) in [6.07, 6.45) is -0.616. The third kappa shape index (κ3) is 2.64. The van der Waals surface area contributed by atoms with Crippen molar-refractivity contribution in [3.8, 4) is 11.5 Å². The van der Waals surface area contributed by atoms with Gasteiger partial charge in [0, 0.05) is 12.2 Å². The quantitative estimate of drug-likeness (QED) is 0.873. The molecule has 2 aromatic rings. The minimum absolute atomic E-state index is 0.0775. The molecule has 22 heavy (non-hydrogen) atoms. The molecular weight excluding hydrogens is 278 g/mol. The Morgan fingerprint density at radius 3 is 2.55 bits per heavy atom. The number of fused-ring (bicyclic) bond motifs is 1. The Labute approximate surface area is 130 Å². The average molecular weight is 297 g/mol. The summed E-state index contributed by atoms with van der Waals surface area (Å²) in [6.45, 7) is 4.78. The molecule has 0 aromatic heterocycles. The Balaban J connectivity index is 1.83. The van der Waals surface area contributed by atoms with Crippen LogP contribution in [0.1, 0.15) is 12.5 Å². The van der Waals surface area contributed by atoms with Crippen molar-refractivity contribution in [2.24, 2.45) is 0 Å². The molecule has 1 aliphatic rings. The monoisotopic (exact) mass is 297 g/mol. The van der Waals surface area contributed by atoms with E-state index in [1.807, 2.05) is 62.4 Å². The smallest absolute Gasteiger partial charge is 0.271 e. The fourth-order valence-electron chi connectivity index (χ4n) is 2.63. The lowest BCUT2D eigenvalue weighted by Crippen LogP contribution is -2.46. The largest absolute Gasteiger partial charge is 0.485 e. The molecule has 0 spiro atoms. The minimum Gasteiger partial charge on any atom is -0.485 e. The molecule has 0 N–H and O–H groups in total. The van der Waals surface area contributed by atoms with Crippen molar-refractivity contribution < 1.29 is 14.3 Å². The van der Waals surface area contributed by atoms with Gasteiger partial charge in [0.25, 0.3) is 5.91 Å². The van der Waals surface area contributed by atoms with E-state index in [2.05, 4.69) is 0 Å². The van der Waals surface area contributed by atoms with E-state index in [0.29, 0.717) is 18.0 Å². The van der Waals surface area contributed by atoms with Crippen molar-refractivity contribution in [1.82, 2.24) is 0 Å². The maximum Gasteiger partial charge on any atom is 0.271 e. The second kappa shape index (κ2) is 6.10. The van der Waals surface area contributed by atoms with Gasteiger partial charge in [-0.05, 0) is 37.6 Å². The van der Waals surface area contributed by atoms with Crippen LogP contribution >= 0.6 is 0 Å². The van der Waals surface area contributed by atoms with Crippen molar-refractivity contribution in [3.05, 3.63) is 54.1 Å². The van der Waals surface area contributed by atoms with Crippen LogP contribution in [0, 0.1) is 6.92 Å². The highest BCUT2D eigenvalue weighted by Crippen LogP contribution is 2.32. The number of ether oxygens (including phenoxy) is 2. The lowest BCUT2D eigenvalue weighted by molar-refractivity contribution is -0.127. The number of nitrogens with zero attached hydrogens (tertiary/aromatic N) is 1. The first-order chi connectivity index (χ1) is 10.7. The Morgan fingerprint density at radius 1 is 1.14 bits per heavy atom. The lowest BCUT2D eigenvalue weighted by atomic mass is 10.1. The van der Waals surface area contributed by atoms with Crippen molar-refractivity contribution in [2.45, 2.75) is 20.0 Å². The van der Waals surface area contributed by atoms with Crippen LogP contribution in [0.5, 0.6) is 11.5 Å². The number of anilines is 1. The first kappa shape index (κ1) is 14.4. The Morgan fingerprint density at radius 2 is 1.82 bits per heavy atom. The topological polar surface area (TPSA) is 38.8 Å². The van der Waals surface area contributed by atoms with Gasteiger partial charge in [0.05, 0.1) is 0 Å². The van der Waals surface area contributed by atoms with Crippen molar-refractivity contribution in [3.63, 3.8) is 0 Å². The van der Waals surface area contributed by atoms with Crippen molar-refractivity contribution >= 4 is 11.6 Å². The Hall–Kier alpha value is -2.49. The summed E-state index contributed by atoms with van der Waals surface area (Å²) >= 11 is 0. The number of amides is 1. The van der Waals surface area contributed by atoms with Crippen LogP contribution in [-0.4, -0.2) is 25.2 Å². The molecule has 0 saturated heterocycles. The summed E-state index contributed by atoms with van der Waals surface area (Å²) < 4.78 is 11.5. The van der Waals surface area contributed by atoms with Gasteiger partial charge < -0.3 is 14.4 Å². The van der Waals surface area contributed by atoms with Crippen LogP contribution in [0.2, 0.25) is 0 Å². The predicted octanol–water partition coefficient (Wildman–Crippen LogP) is 3.19. The van der Waals surface area contributed by atoms with E-state index in [9.17, 15) is 4.79 Å². The number of rotatable bonds is 3. The number of likely N-dealkylation sites (N-methyl/N-ethyl adjacent to an activating group) is 1. The SMILES string of the molecule is CCN(C(=O)C1COc2ccccc2O1)c1ccccc1C. The van der Waals surface area contributed by atoms with Crippen LogP contribution in [-0.2, 0) is 4.79 Å². The molecule has 0 saturated carbocycles. The van der Waals surface area contributed by atoms with E-state index < -0.39 is 6.10 Å². The fourth-order valence-corrected chi connectivity index (χ4v) is 2.63. The van der Waals surface area contributed by atoms with Gasteiger partial charge in [-0.15, -0.1) is 0 Å². The Kier molecular flexibility index (Phi) is 4.00. The fraction of sp³-hybridized carbons (Fsp3) is 0.278. The van der Waals surface area contributed by atoms with Crippen molar-refractivity contribution in [1.29, 1.82) is 0 Å². The molecule has 1 aliphatic heterocycles. The molecule has 0 bridgehead atoms. The molecule has 2 aromatic carbocycles. The number of hydrogen-bond acceptors (Lipinski definition) is 3. The van der Waals surface area contributed by atoms with Gasteiger partial charge in [-0.2, -0.15) is 0 Å². The van der Waals surface area contributed by atoms with Gasteiger partial charge in [0.2, 0.25) is 6.10 Å². The Bertz CT molecular complexity index is 684. The summed E-state index contributed by atoms with van der Waals surface area (Å²) in [5, 5.41) is 0. The van der Waals surface area contributed by atoms with E-state index in [0.717, 1.165) is 11.3 Å². The molecule has 1 amide bonds. The normalized spacial score (nSPS) is 16.2. The summed E-state index contributed by atoms with van der Waals surface area (Å²) in [5.41, 5.74) is 1.98. The maximum atomic E-state index is 12.8. The minimum atomic E-state index is -0.616. The van der Waals surface area contributed by atoms with Gasteiger partial charge in [-0.3, -0.25) is 4.79 Å². The van der Waals surface area contributed by atoms with E-state index in [1.165, 1.54) is 0 Å². The van der Waals surface area contributed by atoms with Gasteiger partial charge in [0.1, 0.15) is 6.61 Å². The van der Waals surface area contributed by atoms with E-state index in [4.69, 9.17) is 9.47 Å². The third-order valence-electron chi connectivity index (χ3n) is 3.77. The zero-order valence-electron chi connectivity index (χ0n) is 12.8. The summed E-state index contributed by atoms with van der Waals surface area (Å²) in [5.74, 6) is 1.23. The van der Waals surface area contributed by atoms with Crippen LogP contribution in [0.25, 0.3) is 0 Å². The second-order valence-electron chi connectivity index (χ2n) is 5.23. The van der Waals surface area contributed by atoms with E-state index >= 15 is 0 Å². The van der Waals surface area contributed by atoms with Crippen molar-refractivity contribution in [2.75, 3.05) is 18.1 Å². The van der Waals surface area contributed by atoms with Gasteiger partial charge >= 0.3 is 0 Å². The van der Waals surface area contributed by atoms with Crippen LogP contribution < -0.4 is 14.4 Å². The van der Waals surface area contributed by atoms with Crippen LogP contribution in [0.3, 0.4) is 0 Å². The lowest BCUT2D eigenvalue weighted by Gasteiger charge is -2.30. The zero-order chi connectivity index (χ0) is 15.5. The molecule has 3 rings (SSSR count). The van der Waals surface area contributed by atoms with E-state index in [1.54, 1.807) is 4.90 Å².